The van der Waals surface area contributed by atoms with Gasteiger partial charge in [-0.05, 0) is 18.1 Å². The molecular weight excluding hydrogens is 280 g/mol. The van der Waals surface area contributed by atoms with Gasteiger partial charge in [0.15, 0.2) is 11.5 Å². The molecule has 2 atom stereocenters. The SMILES string of the molecule is CC(C)[C@H](N)C(=O)NCC1COc2ccccc2O1.Cl. The number of hydrogen-bond donors (Lipinski definition) is 2. The Kier molecular flexibility index (Phi) is 6.10. The van der Waals surface area contributed by atoms with Gasteiger partial charge in [0.2, 0.25) is 5.91 Å². The summed E-state index contributed by atoms with van der Waals surface area (Å²) in [5.74, 6) is 1.41. The van der Waals surface area contributed by atoms with E-state index in [9.17, 15) is 4.79 Å². The van der Waals surface area contributed by atoms with E-state index < -0.39 is 6.04 Å². The quantitative estimate of drug-likeness (QED) is 0.880. The van der Waals surface area contributed by atoms with E-state index in [2.05, 4.69) is 5.32 Å². The molecule has 0 bridgehead atoms. The second-order valence-electron chi connectivity index (χ2n) is 5.01. The molecule has 0 fully saturated rings. The first-order valence-corrected chi connectivity index (χ1v) is 6.49. The van der Waals surface area contributed by atoms with E-state index in [-0.39, 0.29) is 30.3 Å². The Morgan fingerprint density at radius 1 is 1.40 bits per heavy atom. The van der Waals surface area contributed by atoms with E-state index in [0.29, 0.717) is 18.9 Å². The number of rotatable bonds is 4. The average Bonchev–Trinajstić information content (AvgIpc) is 2.43. The fraction of sp³-hybridized carbons (Fsp3) is 0.500. The lowest BCUT2D eigenvalue weighted by atomic mass is 10.1. The van der Waals surface area contributed by atoms with E-state index in [1.54, 1.807) is 0 Å². The maximum Gasteiger partial charge on any atom is 0.237 e. The molecule has 1 aromatic rings. The van der Waals surface area contributed by atoms with E-state index in [4.69, 9.17) is 15.2 Å². The lowest BCUT2D eigenvalue weighted by Gasteiger charge is -2.27. The molecule has 6 heteroatoms. The molecule has 1 heterocycles. The van der Waals surface area contributed by atoms with Crippen molar-refractivity contribution >= 4 is 18.3 Å². The molecule has 2 rings (SSSR count). The van der Waals surface area contributed by atoms with Crippen LogP contribution in [0, 0.1) is 5.92 Å². The summed E-state index contributed by atoms with van der Waals surface area (Å²) in [5, 5.41) is 2.80. The van der Waals surface area contributed by atoms with Crippen LogP contribution in [0.1, 0.15) is 13.8 Å². The van der Waals surface area contributed by atoms with Crippen molar-refractivity contribution in [2.24, 2.45) is 11.7 Å². The minimum Gasteiger partial charge on any atom is -0.486 e. The van der Waals surface area contributed by atoms with Gasteiger partial charge in [0.05, 0.1) is 12.6 Å². The molecule has 112 valence electrons. The normalized spacial score (nSPS) is 18.1. The number of nitrogens with one attached hydrogen (secondary N) is 1. The molecule has 1 aliphatic rings. The largest absolute Gasteiger partial charge is 0.486 e. The lowest BCUT2D eigenvalue weighted by molar-refractivity contribution is -0.123. The summed E-state index contributed by atoms with van der Waals surface area (Å²) in [6.07, 6.45) is -0.182. The summed E-state index contributed by atoms with van der Waals surface area (Å²) < 4.78 is 11.3. The molecule has 1 aromatic carbocycles. The number of carbonyl (C=O) groups is 1. The highest BCUT2D eigenvalue weighted by atomic mass is 35.5. The minimum absolute atomic E-state index is 0. The number of benzene rings is 1. The zero-order valence-electron chi connectivity index (χ0n) is 11.7. The maximum absolute atomic E-state index is 11.7. The van der Waals surface area contributed by atoms with Crippen LogP contribution in [0.2, 0.25) is 0 Å². The summed E-state index contributed by atoms with van der Waals surface area (Å²) >= 11 is 0. The van der Waals surface area contributed by atoms with Crippen LogP contribution < -0.4 is 20.5 Å². The molecule has 0 saturated heterocycles. The van der Waals surface area contributed by atoms with E-state index in [0.717, 1.165) is 5.75 Å². The number of hydrogen-bond acceptors (Lipinski definition) is 4. The van der Waals surface area contributed by atoms with Crippen molar-refractivity contribution < 1.29 is 14.3 Å². The Morgan fingerprint density at radius 3 is 2.70 bits per heavy atom. The smallest absolute Gasteiger partial charge is 0.237 e. The molecular formula is C14H21ClN2O3. The van der Waals surface area contributed by atoms with E-state index in [1.807, 2.05) is 38.1 Å². The Morgan fingerprint density at radius 2 is 2.05 bits per heavy atom. The fourth-order valence-corrected chi connectivity index (χ4v) is 1.80. The van der Waals surface area contributed by atoms with Gasteiger partial charge < -0.3 is 20.5 Å². The standard InChI is InChI=1S/C14H20N2O3.ClH/c1-9(2)13(15)14(17)16-7-10-8-18-11-5-3-4-6-12(11)19-10;/h3-6,9-10,13H,7-8,15H2,1-2H3,(H,16,17);1H/t10?,13-;/m0./s1. The van der Waals surface area contributed by atoms with Crippen molar-refractivity contribution in [1.29, 1.82) is 0 Å². The molecule has 1 unspecified atom stereocenters. The van der Waals surface area contributed by atoms with Crippen molar-refractivity contribution in [3.63, 3.8) is 0 Å². The number of amides is 1. The predicted molar refractivity (Wildman–Crippen MR) is 79.4 cm³/mol. The predicted octanol–water partition coefficient (Wildman–Crippen LogP) is 1.35. The molecule has 5 nitrogen and oxygen atoms in total. The van der Waals surface area contributed by atoms with Gasteiger partial charge in [-0.2, -0.15) is 0 Å². The van der Waals surface area contributed by atoms with E-state index in [1.165, 1.54) is 0 Å². The van der Waals surface area contributed by atoms with Crippen molar-refractivity contribution in [3.8, 4) is 11.5 Å². The number of carbonyl (C=O) groups excluding carboxylic acids is 1. The Labute approximate surface area is 125 Å². The first kappa shape index (κ1) is 16.6. The fourth-order valence-electron chi connectivity index (χ4n) is 1.80. The van der Waals surface area contributed by atoms with Gasteiger partial charge in [-0.1, -0.05) is 26.0 Å². The van der Waals surface area contributed by atoms with Crippen LogP contribution in [0.5, 0.6) is 11.5 Å². The molecule has 0 saturated carbocycles. The molecule has 20 heavy (non-hydrogen) atoms. The summed E-state index contributed by atoms with van der Waals surface area (Å²) in [6.45, 7) is 4.66. The molecule has 0 spiro atoms. The lowest BCUT2D eigenvalue weighted by Crippen LogP contribution is -2.48. The monoisotopic (exact) mass is 300 g/mol. The van der Waals surface area contributed by atoms with Crippen LogP contribution in [0.15, 0.2) is 24.3 Å². The Hall–Kier alpha value is -1.46. The topological polar surface area (TPSA) is 73.6 Å². The third-order valence-corrected chi connectivity index (χ3v) is 3.09. The van der Waals surface area contributed by atoms with Crippen LogP contribution in [0.4, 0.5) is 0 Å². The van der Waals surface area contributed by atoms with Crippen LogP contribution in [0.25, 0.3) is 0 Å². The zero-order valence-corrected chi connectivity index (χ0v) is 12.5. The zero-order chi connectivity index (χ0) is 13.8. The number of para-hydroxylation sites is 2. The van der Waals surface area contributed by atoms with Crippen molar-refractivity contribution in [2.75, 3.05) is 13.2 Å². The first-order chi connectivity index (χ1) is 9.08. The third-order valence-electron chi connectivity index (χ3n) is 3.09. The molecule has 1 aliphatic heterocycles. The van der Waals surface area contributed by atoms with Gasteiger partial charge in [-0.15, -0.1) is 12.4 Å². The molecule has 0 aromatic heterocycles. The molecule has 3 N–H and O–H groups in total. The number of nitrogens with two attached hydrogens (primary N) is 1. The highest BCUT2D eigenvalue weighted by molar-refractivity contribution is 5.85. The summed E-state index contributed by atoms with van der Waals surface area (Å²) in [5.41, 5.74) is 5.77. The van der Waals surface area contributed by atoms with Gasteiger partial charge in [0, 0.05) is 0 Å². The highest BCUT2D eigenvalue weighted by Crippen LogP contribution is 2.30. The van der Waals surface area contributed by atoms with Gasteiger partial charge in [-0.3, -0.25) is 4.79 Å². The highest BCUT2D eigenvalue weighted by Gasteiger charge is 2.23. The van der Waals surface area contributed by atoms with Crippen molar-refractivity contribution in [3.05, 3.63) is 24.3 Å². The molecule has 0 radical (unpaired) electrons. The third kappa shape index (κ3) is 4.02. The molecule has 0 aliphatic carbocycles. The van der Waals surface area contributed by atoms with Crippen LogP contribution in [0.3, 0.4) is 0 Å². The Bertz CT molecular complexity index is 454. The van der Waals surface area contributed by atoms with Gasteiger partial charge in [-0.25, -0.2) is 0 Å². The van der Waals surface area contributed by atoms with Crippen LogP contribution >= 0.6 is 12.4 Å². The summed E-state index contributed by atoms with van der Waals surface area (Å²) in [6, 6.07) is 7.00. The second-order valence-corrected chi connectivity index (χ2v) is 5.01. The van der Waals surface area contributed by atoms with Gasteiger partial charge in [0.25, 0.3) is 0 Å². The minimum atomic E-state index is -0.489. The van der Waals surface area contributed by atoms with Gasteiger partial charge in [0.1, 0.15) is 12.7 Å². The van der Waals surface area contributed by atoms with E-state index >= 15 is 0 Å². The maximum atomic E-state index is 11.7. The number of ether oxygens (including phenoxy) is 2. The van der Waals surface area contributed by atoms with Crippen molar-refractivity contribution in [1.82, 2.24) is 5.32 Å². The van der Waals surface area contributed by atoms with Crippen molar-refractivity contribution in [2.45, 2.75) is 26.0 Å². The number of fused-ring (bicyclic) bond motifs is 1. The average molecular weight is 301 g/mol. The first-order valence-electron chi connectivity index (χ1n) is 6.49. The number of halogens is 1. The van der Waals surface area contributed by atoms with Gasteiger partial charge >= 0.3 is 0 Å². The summed E-state index contributed by atoms with van der Waals surface area (Å²) in [4.78, 5) is 11.7. The summed E-state index contributed by atoms with van der Waals surface area (Å²) in [7, 11) is 0. The van der Waals surface area contributed by atoms with Crippen LogP contribution in [-0.2, 0) is 4.79 Å². The van der Waals surface area contributed by atoms with Crippen LogP contribution in [-0.4, -0.2) is 31.2 Å². The Balaban J connectivity index is 0.00000200. The second kappa shape index (κ2) is 7.36. The molecule has 1 amide bonds.